The second-order valence-electron chi connectivity index (χ2n) is 5.58. The third-order valence-corrected chi connectivity index (χ3v) is 5.49. The van der Waals surface area contributed by atoms with Crippen molar-refractivity contribution in [3.8, 4) is 0 Å². The van der Waals surface area contributed by atoms with Gasteiger partial charge in [0.2, 0.25) is 5.91 Å². The van der Waals surface area contributed by atoms with Crippen molar-refractivity contribution in [1.82, 2.24) is 4.90 Å². The van der Waals surface area contributed by atoms with Crippen LogP contribution in [0.15, 0.2) is 33.6 Å². The van der Waals surface area contributed by atoms with Gasteiger partial charge in [0, 0.05) is 28.9 Å². The van der Waals surface area contributed by atoms with E-state index in [1.807, 2.05) is 36.1 Å². The van der Waals surface area contributed by atoms with Crippen LogP contribution in [-0.2, 0) is 9.59 Å². The van der Waals surface area contributed by atoms with Crippen LogP contribution in [0.2, 0.25) is 0 Å². The number of carboxylic acid groups (broad SMARTS) is 1. The van der Waals surface area contributed by atoms with E-state index in [0.717, 1.165) is 22.2 Å². The molecular weight excluding hydrogens is 366 g/mol. The van der Waals surface area contributed by atoms with E-state index in [4.69, 9.17) is 5.11 Å². The summed E-state index contributed by atoms with van der Waals surface area (Å²) in [5, 5.41) is 8.70. The first-order chi connectivity index (χ1) is 10.5. The lowest BCUT2D eigenvalue weighted by molar-refractivity contribution is -0.138. The zero-order chi connectivity index (χ0) is 16.1. The van der Waals surface area contributed by atoms with Crippen LogP contribution >= 0.6 is 27.7 Å². The Morgan fingerprint density at radius 2 is 1.91 bits per heavy atom. The van der Waals surface area contributed by atoms with E-state index in [9.17, 15) is 9.59 Å². The molecule has 0 aromatic heterocycles. The van der Waals surface area contributed by atoms with Crippen LogP contribution in [-0.4, -0.2) is 40.2 Å². The Labute approximate surface area is 143 Å². The molecule has 0 spiro atoms. The summed E-state index contributed by atoms with van der Waals surface area (Å²) in [7, 11) is 0. The van der Waals surface area contributed by atoms with Gasteiger partial charge in [-0.25, -0.2) is 0 Å². The number of aliphatic carboxylic acids is 1. The number of amides is 1. The second kappa shape index (κ2) is 8.02. The molecule has 6 heteroatoms. The number of piperidine rings is 1. The zero-order valence-corrected chi connectivity index (χ0v) is 14.9. The number of carbonyl (C=O) groups is 2. The van der Waals surface area contributed by atoms with Gasteiger partial charge in [0.1, 0.15) is 0 Å². The van der Waals surface area contributed by atoms with Crippen LogP contribution in [0.4, 0.5) is 0 Å². The molecule has 1 aromatic carbocycles. The molecule has 0 bridgehead atoms. The summed E-state index contributed by atoms with van der Waals surface area (Å²) >= 11 is 4.96. The van der Waals surface area contributed by atoms with Crippen molar-refractivity contribution in [3.05, 3.63) is 28.7 Å². The number of carbonyl (C=O) groups excluding carboxylic acids is 1. The largest absolute Gasteiger partial charge is 0.481 e. The van der Waals surface area contributed by atoms with Gasteiger partial charge in [-0.1, -0.05) is 15.9 Å². The average Bonchev–Trinajstić information content (AvgIpc) is 2.49. The van der Waals surface area contributed by atoms with E-state index >= 15 is 0 Å². The lowest BCUT2D eigenvalue weighted by Gasteiger charge is -2.33. The molecule has 0 aliphatic carbocycles. The molecule has 0 radical (unpaired) electrons. The van der Waals surface area contributed by atoms with Gasteiger partial charge in [-0.2, -0.15) is 0 Å². The molecule has 1 N–H and O–H groups in total. The number of hydrogen-bond donors (Lipinski definition) is 1. The maximum absolute atomic E-state index is 12.5. The highest BCUT2D eigenvalue weighted by atomic mass is 79.9. The van der Waals surface area contributed by atoms with E-state index in [1.54, 1.807) is 11.8 Å². The molecule has 1 aliphatic heterocycles. The summed E-state index contributed by atoms with van der Waals surface area (Å²) in [5.74, 6) is -0.401. The van der Waals surface area contributed by atoms with Crippen LogP contribution in [0.3, 0.4) is 0 Å². The molecule has 4 nitrogen and oxygen atoms in total. The van der Waals surface area contributed by atoms with Gasteiger partial charge < -0.3 is 10.0 Å². The Bertz CT molecular complexity index is 527. The summed E-state index contributed by atoms with van der Waals surface area (Å²) < 4.78 is 1.02. The lowest BCUT2D eigenvalue weighted by Crippen LogP contribution is -2.42. The number of rotatable bonds is 5. The van der Waals surface area contributed by atoms with Crippen molar-refractivity contribution in [2.45, 2.75) is 36.3 Å². The van der Waals surface area contributed by atoms with Crippen molar-refractivity contribution in [1.29, 1.82) is 0 Å². The van der Waals surface area contributed by atoms with Crippen molar-refractivity contribution >= 4 is 39.6 Å². The summed E-state index contributed by atoms with van der Waals surface area (Å²) in [6, 6.07) is 7.93. The van der Waals surface area contributed by atoms with Crippen LogP contribution in [0, 0.1) is 5.92 Å². The van der Waals surface area contributed by atoms with Crippen molar-refractivity contribution in [2.24, 2.45) is 5.92 Å². The average molecular weight is 386 g/mol. The standard InChI is InChI=1S/C16H20BrNO3S/c1-11(22-14-4-2-13(17)3-5-14)16(21)18-8-6-12(7-9-18)10-15(19)20/h2-5,11-12H,6-10H2,1H3,(H,19,20). The van der Waals surface area contributed by atoms with Gasteiger partial charge in [-0.3, -0.25) is 9.59 Å². The molecule has 120 valence electrons. The van der Waals surface area contributed by atoms with Crippen LogP contribution < -0.4 is 0 Å². The van der Waals surface area contributed by atoms with Gasteiger partial charge in [0.15, 0.2) is 0 Å². The number of hydrogen-bond acceptors (Lipinski definition) is 3. The summed E-state index contributed by atoms with van der Waals surface area (Å²) in [5.41, 5.74) is 0. The van der Waals surface area contributed by atoms with E-state index in [2.05, 4.69) is 15.9 Å². The highest BCUT2D eigenvalue weighted by Gasteiger charge is 2.27. The topological polar surface area (TPSA) is 57.6 Å². The number of thioether (sulfide) groups is 1. The molecule has 1 amide bonds. The Morgan fingerprint density at radius 1 is 1.32 bits per heavy atom. The smallest absolute Gasteiger partial charge is 0.303 e. The molecule has 22 heavy (non-hydrogen) atoms. The number of halogens is 1. The van der Waals surface area contributed by atoms with Gasteiger partial charge >= 0.3 is 5.97 Å². The Kier molecular flexibility index (Phi) is 6.32. The number of likely N-dealkylation sites (tertiary alicyclic amines) is 1. The van der Waals surface area contributed by atoms with Gasteiger partial charge in [0.25, 0.3) is 0 Å². The monoisotopic (exact) mass is 385 g/mol. The van der Waals surface area contributed by atoms with Gasteiger partial charge in [0.05, 0.1) is 5.25 Å². The van der Waals surface area contributed by atoms with Crippen molar-refractivity contribution in [3.63, 3.8) is 0 Å². The third kappa shape index (κ3) is 5.02. The Balaban J connectivity index is 1.84. The van der Waals surface area contributed by atoms with Crippen molar-refractivity contribution in [2.75, 3.05) is 13.1 Å². The van der Waals surface area contributed by atoms with Gasteiger partial charge in [-0.05, 0) is 49.9 Å². The maximum Gasteiger partial charge on any atom is 0.303 e. The molecule has 1 heterocycles. The lowest BCUT2D eigenvalue weighted by atomic mass is 9.93. The highest BCUT2D eigenvalue weighted by molar-refractivity contribution is 9.10. The molecule has 1 aromatic rings. The van der Waals surface area contributed by atoms with E-state index in [0.29, 0.717) is 13.1 Å². The SMILES string of the molecule is CC(Sc1ccc(Br)cc1)C(=O)N1CCC(CC(=O)O)CC1. The van der Waals surface area contributed by atoms with Crippen LogP contribution in [0.5, 0.6) is 0 Å². The number of nitrogens with zero attached hydrogens (tertiary/aromatic N) is 1. The molecule has 1 aliphatic rings. The first-order valence-corrected chi connectivity index (χ1v) is 9.06. The molecule has 1 fully saturated rings. The van der Waals surface area contributed by atoms with E-state index in [-0.39, 0.29) is 23.5 Å². The fraction of sp³-hybridized carbons (Fsp3) is 0.500. The maximum atomic E-state index is 12.5. The van der Waals surface area contributed by atoms with E-state index < -0.39 is 5.97 Å². The Morgan fingerprint density at radius 3 is 2.45 bits per heavy atom. The quantitative estimate of drug-likeness (QED) is 0.785. The predicted octanol–water partition coefficient (Wildman–Crippen LogP) is 3.64. The minimum Gasteiger partial charge on any atom is -0.481 e. The summed E-state index contributed by atoms with van der Waals surface area (Å²) in [6.07, 6.45) is 1.78. The first-order valence-electron chi connectivity index (χ1n) is 7.38. The minimum absolute atomic E-state index is 0.128. The van der Waals surface area contributed by atoms with E-state index in [1.165, 1.54) is 0 Å². The minimum atomic E-state index is -0.746. The molecule has 1 atom stereocenters. The molecule has 1 saturated heterocycles. The number of benzene rings is 1. The second-order valence-corrected chi connectivity index (χ2v) is 7.91. The van der Waals surface area contributed by atoms with Crippen LogP contribution in [0.1, 0.15) is 26.2 Å². The molecule has 0 saturated carbocycles. The zero-order valence-electron chi connectivity index (χ0n) is 12.5. The fourth-order valence-corrected chi connectivity index (χ4v) is 3.84. The molecule has 2 rings (SSSR count). The number of carboxylic acids is 1. The highest BCUT2D eigenvalue weighted by Crippen LogP contribution is 2.28. The fourth-order valence-electron chi connectivity index (χ4n) is 2.63. The van der Waals surface area contributed by atoms with Crippen LogP contribution in [0.25, 0.3) is 0 Å². The van der Waals surface area contributed by atoms with Gasteiger partial charge in [-0.15, -0.1) is 11.8 Å². The predicted molar refractivity (Wildman–Crippen MR) is 91.0 cm³/mol. The summed E-state index contributed by atoms with van der Waals surface area (Å²) in [6.45, 7) is 3.27. The van der Waals surface area contributed by atoms with Crippen molar-refractivity contribution < 1.29 is 14.7 Å². The normalized spacial score (nSPS) is 17.3. The third-order valence-electron chi connectivity index (χ3n) is 3.86. The first kappa shape index (κ1) is 17.3. The summed E-state index contributed by atoms with van der Waals surface area (Å²) in [4.78, 5) is 26.2. The molecular formula is C16H20BrNO3S. The Hall–Kier alpha value is -1.01. The molecule has 1 unspecified atom stereocenters.